The van der Waals surface area contributed by atoms with E-state index in [4.69, 9.17) is 28.4 Å². The van der Waals surface area contributed by atoms with Gasteiger partial charge in [0, 0.05) is 37.1 Å². The molecule has 1 aromatic rings. The lowest BCUT2D eigenvalue weighted by molar-refractivity contribution is -0.317. The van der Waals surface area contributed by atoms with Crippen LogP contribution in [0.1, 0.15) is 106 Å². The summed E-state index contributed by atoms with van der Waals surface area (Å²) in [6.45, 7) is 16.3. The number of methoxy groups -OCH3 is 1. The summed E-state index contributed by atoms with van der Waals surface area (Å²) in [5, 5.41) is 68.0. The molecule has 0 spiro atoms. The first-order chi connectivity index (χ1) is 29.1. The maximum absolute atomic E-state index is 14.4. The summed E-state index contributed by atoms with van der Waals surface area (Å²) in [6.07, 6.45) is -14.0. The number of esters is 1. The second-order valence-electron chi connectivity index (χ2n) is 19.0. The highest BCUT2D eigenvalue weighted by Crippen LogP contribution is 2.41. The minimum Gasteiger partial charge on any atom is -0.459 e. The SMILES string of the molecule is CC[C@H]1OC(=O)[C@H](C)[C@@H](OC2C[C@@](C)(OC)[C@@H](O)[C@H](C)O2)[C@H](C)[C@@H](O[C@@H]2O[C@H](C)C[C@H](N(C)C)[C@H]2O)[C@](C)(O)C[C@@H](C)/C(=N\N=C\c2cccc(C(F)(F)F)c2)[C@H](C)[C@@H](O)[C@]1(C)O. The molecule has 360 valence electrons. The van der Waals surface area contributed by atoms with Gasteiger partial charge >= 0.3 is 12.1 Å². The number of alkyl halides is 3. The summed E-state index contributed by atoms with van der Waals surface area (Å²) in [5.74, 6) is -4.65. The van der Waals surface area contributed by atoms with Crippen molar-refractivity contribution in [3.63, 3.8) is 0 Å². The zero-order valence-electron chi connectivity index (χ0n) is 38.9. The number of benzene rings is 1. The van der Waals surface area contributed by atoms with Crippen molar-refractivity contribution in [2.45, 2.75) is 185 Å². The zero-order chi connectivity index (χ0) is 47.6. The van der Waals surface area contributed by atoms with E-state index in [-0.39, 0.29) is 42.7 Å². The summed E-state index contributed by atoms with van der Waals surface area (Å²) in [7, 11) is 5.11. The number of likely N-dealkylation sites (N-methyl/N-ethyl adjacent to an activating group) is 1. The molecule has 3 fully saturated rings. The Morgan fingerprint density at radius 2 is 1.60 bits per heavy atom. The molecule has 1 aromatic carbocycles. The van der Waals surface area contributed by atoms with Crippen molar-refractivity contribution in [3.8, 4) is 0 Å². The molecule has 0 aromatic heterocycles. The molecule has 0 saturated carbocycles. The Bertz CT molecular complexity index is 1730. The lowest BCUT2D eigenvalue weighted by atomic mass is 9.73. The minimum absolute atomic E-state index is 0.0443. The monoisotopic (exact) mass is 904 g/mol. The van der Waals surface area contributed by atoms with Crippen molar-refractivity contribution >= 4 is 17.9 Å². The number of cyclic esters (lactones) is 1. The fraction of sp³-hybridized carbons (Fsp3) is 0.800. The first-order valence-corrected chi connectivity index (χ1v) is 21.9. The molecule has 3 heterocycles. The van der Waals surface area contributed by atoms with Crippen LogP contribution >= 0.6 is 0 Å². The van der Waals surface area contributed by atoms with Crippen LogP contribution in [0.15, 0.2) is 34.5 Å². The highest BCUT2D eigenvalue weighted by molar-refractivity contribution is 5.90. The lowest BCUT2D eigenvalue weighted by Gasteiger charge is -2.49. The number of aliphatic hydroxyl groups is 5. The van der Waals surface area contributed by atoms with Gasteiger partial charge in [-0.15, -0.1) is 0 Å². The number of carbonyl (C=O) groups is 1. The van der Waals surface area contributed by atoms with Crippen LogP contribution in [0.3, 0.4) is 0 Å². The van der Waals surface area contributed by atoms with Gasteiger partial charge in [-0.3, -0.25) is 4.79 Å². The second kappa shape index (κ2) is 20.9. The van der Waals surface area contributed by atoms with Gasteiger partial charge in [0.2, 0.25) is 0 Å². The Morgan fingerprint density at radius 3 is 2.19 bits per heavy atom. The predicted octanol–water partition coefficient (Wildman–Crippen LogP) is 4.71. The number of hydrogen-bond donors (Lipinski definition) is 5. The fourth-order valence-electron chi connectivity index (χ4n) is 9.57. The number of ether oxygens (including phenoxy) is 6. The fourth-order valence-corrected chi connectivity index (χ4v) is 9.57. The van der Waals surface area contributed by atoms with Crippen LogP contribution in [-0.4, -0.2) is 154 Å². The van der Waals surface area contributed by atoms with Gasteiger partial charge in [-0.2, -0.15) is 23.4 Å². The van der Waals surface area contributed by atoms with Gasteiger partial charge in [-0.25, -0.2) is 0 Å². The highest BCUT2D eigenvalue weighted by Gasteiger charge is 2.53. The average molecular weight is 904 g/mol. The molecule has 18 heteroatoms. The Kier molecular flexibility index (Phi) is 17.6. The van der Waals surface area contributed by atoms with E-state index in [1.807, 2.05) is 25.9 Å². The average Bonchev–Trinajstić information content (AvgIpc) is 3.20. The van der Waals surface area contributed by atoms with Crippen molar-refractivity contribution in [2.24, 2.45) is 33.9 Å². The number of hydrogen-bond acceptors (Lipinski definition) is 15. The van der Waals surface area contributed by atoms with Gasteiger partial charge in [-0.05, 0) is 98.5 Å². The van der Waals surface area contributed by atoms with E-state index in [1.54, 1.807) is 48.5 Å². The van der Waals surface area contributed by atoms with Crippen molar-refractivity contribution in [1.82, 2.24) is 4.90 Å². The topological polar surface area (TPSA) is 202 Å². The molecule has 0 amide bonds. The maximum atomic E-state index is 14.4. The molecule has 63 heavy (non-hydrogen) atoms. The van der Waals surface area contributed by atoms with E-state index >= 15 is 0 Å². The molecule has 0 radical (unpaired) electrons. The summed E-state index contributed by atoms with van der Waals surface area (Å²) in [6, 6.07) is 4.12. The molecule has 0 aliphatic carbocycles. The Balaban J connectivity index is 1.90. The summed E-state index contributed by atoms with van der Waals surface area (Å²) in [4.78, 5) is 16.2. The van der Waals surface area contributed by atoms with Crippen LogP contribution in [0.25, 0.3) is 0 Å². The van der Waals surface area contributed by atoms with Crippen LogP contribution in [0.5, 0.6) is 0 Å². The summed E-state index contributed by atoms with van der Waals surface area (Å²) in [5.41, 5.74) is -5.69. The van der Waals surface area contributed by atoms with Gasteiger partial charge in [0.1, 0.15) is 23.9 Å². The van der Waals surface area contributed by atoms with Crippen molar-refractivity contribution in [1.29, 1.82) is 0 Å². The van der Waals surface area contributed by atoms with E-state index in [2.05, 4.69) is 10.2 Å². The van der Waals surface area contributed by atoms with E-state index in [0.717, 1.165) is 18.3 Å². The van der Waals surface area contributed by atoms with Gasteiger partial charge in [0.05, 0.1) is 59.4 Å². The Hall–Kier alpha value is -2.62. The first-order valence-electron chi connectivity index (χ1n) is 21.9. The quantitative estimate of drug-likeness (QED) is 0.130. The number of carbonyl (C=O) groups excluding carboxylic acids is 1. The van der Waals surface area contributed by atoms with Crippen molar-refractivity contribution < 1.29 is 71.9 Å². The summed E-state index contributed by atoms with van der Waals surface area (Å²) < 4.78 is 78.1. The minimum atomic E-state index is -4.60. The zero-order valence-corrected chi connectivity index (χ0v) is 38.9. The molecule has 5 N–H and O–H groups in total. The normalized spacial score (nSPS) is 43.6. The number of rotatable bonds is 9. The number of aliphatic hydroxyl groups excluding tert-OH is 3. The molecule has 18 atom stereocenters. The molecule has 1 unspecified atom stereocenters. The molecule has 0 bridgehead atoms. The molecule has 3 aliphatic heterocycles. The maximum Gasteiger partial charge on any atom is 0.416 e. The number of halogens is 3. The Morgan fingerprint density at radius 1 is 0.952 bits per heavy atom. The van der Waals surface area contributed by atoms with Gasteiger partial charge in [0.15, 0.2) is 12.6 Å². The third-order valence-corrected chi connectivity index (χ3v) is 13.5. The summed E-state index contributed by atoms with van der Waals surface area (Å²) >= 11 is 0. The van der Waals surface area contributed by atoms with Crippen LogP contribution in [-0.2, 0) is 39.4 Å². The lowest BCUT2D eigenvalue weighted by Crippen LogP contribution is -2.61. The van der Waals surface area contributed by atoms with Crippen LogP contribution in [0, 0.1) is 23.7 Å². The molecule has 15 nitrogen and oxygen atoms in total. The van der Waals surface area contributed by atoms with Gasteiger partial charge in [0.25, 0.3) is 0 Å². The molecule has 3 saturated heterocycles. The molecular formula is C45H72F3N3O12. The van der Waals surface area contributed by atoms with Crippen LogP contribution in [0.4, 0.5) is 13.2 Å². The number of nitrogens with zero attached hydrogens (tertiary/aromatic N) is 3. The second-order valence-corrected chi connectivity index (χ2v) is 19.0. The largest absolute Gasteiger partial charge is 0.459 e. The van der Waals surface area contributed by atoms with E-state index in [0.29, 0.717) is 6.42 Å². The smallest absolute Gasteiger partial charge is 0.416 e. The van der Waals surface area contributed by atoms with E-state index in [1.165, 1.54) is 33.1 Å². The third kappa shape index (κ3) is 12.2. The molecular weight excluding hydrogens is 831 g/mol. The van der Waals surface area contributed by atoms with Crippen molar-refractivity contribution in [3.05, 3.63) is 35.4 Å². The van der Waals surface area contributed by atoms with Crippen LogP contribution < -0.4 is 0 Å². The van der Waals surface area contributed by atoms with Crippen molar-refractivity contribution in [2.75, 3.05) is 21.2 Å². The van der Waals surface area contributed by atoms with Gasteiger partial charge in [-0.1, -0.05) is 39.8 Å². The Labute approximate surface area is 369 Å². The van der Waals surface area contributed by atoms with E-state index < -0.39 is 113 Å². The highest BCUT2D eigenvalue weighted by atomic mass is 19.4. The van der Waals surface area contributed by atoms with E-state index in [9.17, 15) is 43.5 Å². The van der Waals surface area contributed by atoms with Gasteiger partial charge < -0.3 is 58.9 Å². The third-order valence-electron chi connectivity index (χ3n) is 13.5. The standard InChI is InChI=1S/C45H72F3N3O12/c1-14-32-44(10,57)37(53)25(4)34(50-49-22-29-16-15-17-30(19-29)45(46,47)48)23(2)20-42(8,56)39(63-41-35(52)31(51(11)12)18-24(3)59-41)26(5)36(27(6)40(55)61-32)62-33-21-43(9,58-13)38(54)28(7)60-33/h15-17,19,22-28,31-33,35-39,41,52-54,56-57H,14,18,20-21H2,1-13H3/b49-22+,50-34+/t23-,24-,25+,26+,27-,28+,31+,32-,33?,35-,36+,37-,38+,39-,41+,42-,43-,44-/m1/s1. The molecule has 4 rings (SSSR count). The first kappa shape index (κ1) is 53.0. The predicted molar refractivity (Wildman–Crippen MR) is 228 cm³/mol. The van der Waals surface area contributed by atoms with Crippen LogP contribution in [0.2, 0.25) is 0 Å². The molecule has 3 aliphatic rings.